The molecule has 102 valence electrons. The van der Waals surface area contributed by atoms with E-state index in [4.69, 9.17) is 0 Å². The van der Waals surface area contributed by atoms with Crippen LogP contribution in [0.5, 0.6) is 0 Å². The molecule has 2 aromatic rings. The molecular formula is C14H21N5. The predicted molar refractivity (Wildman–Crippen MR) is 75.0 cm³/mol. The lowest BCUT2D eigenvalue weighted by Gasteiger charge is -2.23. The number of benzene rings is 1. The summed E-state index contributed by atoms with van der Waals surface area (Å²) in [6, 6.07) is 9.04. The number of hydrogen-bond acceptors (Lipinski definition) is 4. The SMILES string of the molecule is CC(NC(C)C(C)C)c1cccc(-n2cnnn2)c1. The molecule has 5 nitrogen and oxygen atoms in total. The zero-order valence-corrected chi connectivity index (χ0v) is 11.9. The van der Waals surface area contributed by atoms with Gasteiger partial charge in [-0.15, -0.1) is 5.10 Å². The summed E-state index contributed by atoms with van der Waals surface area (Å²) in [6.07, 6.45) is 1.61. The second kappa shape index (κ2) is 5.93. The summed E-state index contributed by atoms with van der Waals surface area (Å²) < 4.78 is 1.67. The van der Waals surface area contributed by atoms with Crippen LogP contribution in [0.3, 0.4) is 0 Å². The van der Waals surface area contributed by atoms with Crippen LogP contribution in [0.2, 0.25) is 0 Å². The minimum absolute atomic E-state index is 0.300. The molecule has 0 amide bonds. The maximum atomic E-state index is 3.91. The van der Waals surface area contributed by atoms with Gasteiger partial charge in [0, 0.05) is 12.1 Å². The zero-order chi connectivity index (χ0) is 13.8. The highest BCUT2D eigenvalue weighted by atomic mass is 15.5. The average molecular weight is 259 g/mol. The van der Waals surface area contributed by atoms with Gasteiger partial charge in [-0.05, 0) is 47.9 Å². The van der Waals surface area contributed by atoms with E-state index < -0.39 is 0 Å². The Kier molecular flexibility index (Phi) is 4.27. The zero-order valence-electron chi connectivity index (χ0n) is 11.9. The molecule has 2 unspecified atom stereocenters. The third kappa shape index (κ3) is 3.38. The molecule has 0 aliphatic heterocycles. The molecule has 0 spiro atoms. The number of aromatic nitrogens is 4. The van der Waals surface area contributed by atoms with Gasteiger partial charge in [0.05, 0.1) is 5.69 Å². The fraction of sp³-hybridized carbons (Fsp3) is 0.500. The third-order valence-corrected chi connectivity index (χ3v) is 3.50. The summed E-state index contributed by atoms with van der Waals surface area (Å²) in [6.45, 7) is 8.84. The minimum Gasteiger partial charge on any atom is -0.307 e. The van der Waals surface area contributed by atoms with Crippen LogP contribution in [-0.2, 0) is 0 Å². The van der Waals surface area contributed by atoms with Crippen molar-refractivity contribution < 1.29 is 0 Å². The van der Waals surface area contributed by atoms with Crippen LogP contribution in [0.4, 0.5) is 0 Å². The predicted octanol–water partition coefficient (Wildman–Crippen LogP) is 2.36. The molecule has 2 atom stereocenters. The highest BCUT2D eigenvalue weighted by Gasteiger charge is 2.12. The van der Waals surface area contributed by atoms with Crippen molar-refractivity contribution in [2.45, 2.75) is 39.8 Å². The van der Waals surface area contributed by atoms with Crippen molar-refractivity contribution in [1.29, 1.82) is 0 Å². The van der Waals surface area contributed by atoms with Crippen LogP contribution in [0.25, 0.3) is 5.69 Å². The summed E-state index contributed by atoms with van der Waals surface area (Å²) >= 11 is 0. The minimum atomic E-state index is 0.300. The summed E-state index contributed by atoms with van der Waals surface area (Å²) in [5, 5.41) is 14.8. The maximum absolute atomic E-state index is 3.91. The lowest BCUT2D eigenvalue weighted by atomic mass is 10.0. The summed E-state index contributed by atoms with van der Waals surface area (Å²) in [5.41, 5.74) is 2.22. The van der Waals surface area contributed by atoms with Crippen LogP contribution in [0.15, 0.2) is 30.6 Å². The molecule has 5 heteroatoms. The third-order valence-electron chi connectivity index (χ3n) is 3.50. The van der Waals surface area contributed by atoms with Gasteiger partial charge in [0.15, 0.2) is 0 Å². The molecule has 0 radical (unpaired) electrons. The smallest absolute Gasteiger partial charge is 0.143 e. The first-order chi connectivity index (χ1) is 9.08. The summed E-state index contributed by atoms with van der Waals surface area (Å²) in [5.74, 6) is 0.616. The van der Waals surface area contributed by atoms with Crippen molar-refractivity contribution in [3.05, 3.63) is 36.2 Å². The van der Waals surface area contributed by atoms with E-state index in [0.717, 1.165) is 5.69 Å². The van der Waals surface area contributed by atoms with Crippen LogP contribution < -0.4 is 5.32 Å². The lowest BCUT2D eigenvalue weighted by molar-refractivity contribution is 0.389. The molecule has 1 aromatic carbocycles. The van der Waals surface area contributed by atoms with E-state index in [-0.39, 0.29) is 0 Å². The highest BCUT2D eigenvalue weighted by molar-refractivity contribution is 5.35. The Labute approximate surface area is 114 Å². The largest absolute Gasteiger partial charge is 0.307 e. The van der Waals surface area contributed by atoms with E-state index in [0.29, 0.717) is 18.0 Å². The normalized spacial score (nSPS) is 14.6. The number of nitrogens with one attached hydrogen (secondary N) is 1. The molecule has 0 fully saturated rings. The molecule has 0 saturated heterocycles. The van der Waals surface area contributed by atoms with Crippen LogP contribution in [0, 0.1) is 5.92 Å². The Morgan fingerprint density at radius 1 is 1.16 bits per heavy atom. The number of rotatable bonds is 5. The lowest BCUT2D eigenvalue weighted by Crippen LogP contribution is -2.33. The highest BCUT2D eigenvalue weighted by Crippen LogP contribution is 2.17. The van der Waals surface area contributed by atoms with E-state index in [9.17, 15) is 0 Å². The Morgan fingerprint density at radius 3 is 2.58 bits per heavy atom. The first-order valence-electron chi connectivity index (χ1n) is 6.67. The Balaban J connectivity index is 2.15. The summed E-state index contributed by atoms with van der Waals surface area (Å²) in [4.78, 5) is 0. The van der Waals surface area contributed by atoms with Crippen molar-refractivity contribution in [3.8, 4) is 5.69 Å². The van der Waals surface area contributed by atoms with Crippen LogP contribution in [0.1, 0.15) is 39.3 Å². The van der Waals surface area contributed by atoms with Gasteiger partial charge in [-0.1, -0.05) is 26.0 Å². The van der Waals surface area contributed by atoms with Gasteiger partial charge < -0.3 is 5.32 Å². The monoisotopic (exact) mass is 259 g/mol. The van der Waals surface area contributed by atoms with Crippen LogP contribution in [-0.4, -0.2) is 26.2 Å². The van der Waals surface area contributed by atoms with Gasteiger partial charge in [-0.2, -0.15) is 0 Å². The fourth-order valence-electron chi connectivity index (χ4n) is 1.90. The topological polar surface area (TPSA) is 55.6 Å². The molecule has 2 rings (SSSR count). The first-order valence-corrected chi connectivity index (χ1v) is 6.67. The van der Waals surface area contributed by atoms with Crippen molar-refractivity contribution in [1.82, 2.24) is 25.5 Å². The van der Waals surface area contributed by atoms with Crippen molar-refractivity contribution in [2.75, 3.05) is 0 Å². The standard InChI is InChI=1S/C14H21N5/c1-10(2)11(3)16-12(4)13-6-5-7-14(8-13)19-9-15-17-18-19/h5-12,16H,1-4H3. The fourth-order valence-corrected chi connectivity index (χ4v) is 1.90. The second-order valence-corrected chi connectivity index (χ2v) is 5.27. The second-order valence-electron chi connectivity index (χ2n) is 5.27. The number of tetrazole rings is 1. The Morgan fingerprint density at radius 2 is 1.95 bits per heavy atom. The van der Waals surface area contributed by atoms with Gasteiger partial charge in [-0.3, -0.25) is 0 Å². The maximum Gasteiger partial charge on any atom is 0.143 e. The molecule has 19 heavy (non-hydrogen) atoms. The van der Waals surface area contributed by atoms with Crippen molar-refractivity contribution >= 4 is 0 Å². The molecule has 1 N–H and O–H groups in total. The van der Waals surface area contributed by atoms with Crippen LogP contribution >= 0.6 is 0 Å². The molecule has 0 bridgehead atoms. The average Bonchev–Trinajstić information content (AvgIpc) is 2.92. The number of nitrogens with zero attached hydrogens (tertiary/aromatic N) is 4. The molecule has 0 aliphatic carbocycles. The van der Waals surface area contributed by atoms with E-state index in [1.54, 1.807) is 11.0 Å². The van der Waals surface area contributed by atoms with Gasteiger partial charge in [-0.25, -0.2) is 4.68 Å². The van der Waals surface area contributed by atoms with E-state index in [2.05, 4.69) is 60.7 Å². The Bertz CT molecular complexity index is 506. The molecule has 0 saturated carbocycles. The van der Waals surface area contributed by atoms with E-state index in [1.807, 2.05) is 12.1 Å². The van der Waals surface area contributed by atoms with E-state index >= 15 is 0 Å². The number of hydrogen-bond donors (Lipinski definition) is 1. The molecule has 1 heterocycles. The van der Waals surface area contributed by atoms with Crippen molar-refractivity contribution in [2.24, 2.45) is 5.92 Å². The van der Waals surface area contributed by atoms with Crippen molar-refractivity contribution in [3.63, 3.8) is 0 Å². The van der Waals surface area contributed by atoms with Gasteiger partial charge in [0.25, 0.3) is 0 Å². The summed E-state index contributed by atoms with van der Waals surface area (Å²) in [7, 11) is 0. The van der Waals surface area contributed by atoms with Gasteiger partial charge >= 0.3 is 0 Å². The molecular weight excluding hydrogens is 238 g/mol. The Hall–Kier alpha value is -1.75. The van der Waals surface area contributed by atoms with E-state index in [1.165, 1.54) is 5.56 Å². The molecule has 0 aliphatic rings. The quantitative estimate of drug-likeness (QED) is 0.895. The first kappa shape index (κ1) is 13.7. The van der Waals surface area contributed by atoms with Gasteiger partial charge in [0.1, 0.15) is 6.33 Å². The molecule has 1 aromatic heterocycles. The van der Waals surface area contributed by atoms with Gasteiger partial charge in [0.2, 0.25) is 0 Å².